The van der Waals surface area contributed by atoms with E-state index in [2.05, 4.69) is 4.72 Å². The molecular formula is C18H20F3NO2S. The van der Waals surface area contributed by atoms with E-state index in [0.29, 0.717) is 17.5 Å². The number of sulfonamides is 1. The number of alkyl halides is 1. The van der Waals surface area contributed by atoms with Crippen LogP contribution in [0.3, 0.4) is 0 Å². The van der Waals surface area contributed by atoms with Gasteiger partial charge < -0.3 is 0 Å². The highest BCUT2D eigenvalue weighted by atomic mass is 32.2. The van der Waals surface area contributed by atoms with Crippen LogP contribution in [-0.4, -0.2) is 20.7 Å². The summed E-state index contributed by atoms with van der Waals surface area (Å²) in [6.07, 6.45) is 0.442. The Balaban J connectivity index is 2.17. The second kappa shape index (κ2) is 7.58. The third-order valence-electron chi connectivity index (χ3n) is 3.78. The average molecular weight is 371 g/mol. The molecule has 0 aromatic heterocycles. The molecule has 0 heterocycles. The summed E-state index contributed by atoms with van der Waals surface area (Å²) in [5.74, 6) is -1.45. The molecule has 0 spiro atoms. The van der Waals surface area contributed by atoms with Gasteiger partial charge in [-0.2, -0.15) is 0 Å². The molecule has 0 bridgehead atoms. The van der Waals surface area contributed by atoms with Crippen LogP contribution in [0.4, 0.5) is 13.2 Å². The molecule has 1 atom stereocenters. The highest BCUT2D eigenvalue weighted by Gasteiger charge is 2.27. The van der Waals surface area contributed by atoms with Crippen LogP contribution in [0.15, 0.2) is 42.5 Å². The Morgan fingerprint density at radius 1 is 1.00 bits per heavy atom. The number of benzene rings is 2. The maximum Gasteiger partial charge on any atom is 0.211 e. The Morgan fingerprint density at radius 3 is 2.08 bits per heavy atom. The zero-order valence-corrected chi connectivity index (χ0v) is 14.8. The summed E-state index contributed by atoms with van der Waals surface area (Å²) in [4.78, 5) is 0. The maximum absolute atomic E-state index is 14.8. The van der Waals surface area contributed by atoms with Crippen molar-refractivity contribution < 1.29 is 21.6 Å². The minimum atomic E-state index is -3.51. The predicted molar refractivity (Wildman–Crippen MR) is 92.3 cm³/mol. The fourth-order valence-electron chi connectivity index (χ4n) is 2.42. The summed E-state index contributed by atoms with van der Waals surface area (Å²) in [7, 11) is -3.51. The van der Waals surface area contributed by atoms with E-state index in [9.17, 15) is 21.6 Å². The number of hydrogen-bond acceptors (Lipinski definition) is 2. The molecule has 0 saturated heterocycles. The van der Waals surface area contributed by atoms with Crippen LogP contribution in [0.25, 0.3) is 11.1 Å². The normalized spacial score (nSPS) is 14.3. The van der Waals surface area contributed by atoms with Crippen LogP contribution in [0.5, 0.6) is 0 Å². The van der Waals surface area contributed by atoms with Crippen LogP contribution < -0.4 is 4.72 Å². The Bertz CT molecular complexity index is 814. The zero-order chi connectivity index (χ0) is 18.7. The molecule has 3 nitrogen and oxygen atoms in total. The van der Waals surface area contributed by atoms with Gasteiger partial charge in [0.15, 0.2) is 0 Å². The lowest BCUT2D eigenvalue weighted by Gasteiger charge is -2.21. The Kier molecular flexibility index (Phi) is 5.90. The van der Waals surface area contributed by atoms with E-state index in [4.69, 9.17) is 0 Å². The first-order chi connectivity index (χ1) is 11.6. The molecule has 1 N–H and O–H groups in total. The van der Waals surface area contributed by atoms with Gasteiger partial charge in [0.05, 0.1) is 5.75 Å². The highest BCUT2D eigenvalue weighted by Crippen LogP contribution is 2.28. The quantitative estimate of drug-likeness (QED) is 0.795. The average Bonchev–Trinajstić information content (AvgIpc) is 2.52. The van der Waals surface area contributed by atoms with Gasteiger partial charge >= 0.3 is 0 Å². The molecule has 1 unspecified atom stereocenters. The minimum Gasteiger partial charge on any atom is -0.238 e. The number of halogens is 3. The smallest absolute Gasteiger partial charge is 0.211 e. The molecule has 0 aliphatic carbocycles. The zero-order valence-electron chi connectivity index (χ0n) is 14.0. The summed E-state index contributed by atoms with van der Waals surface area (Å²) in [6.45, 7) is 2.61. The van der Waals surface area contributed by atoms with Gasteiger partial charge in [0.2, 0.25) is 10.0 Å². The lowest BCUT2D eigenvalue weighted by Crippen LogP contribution is -2.36. The standard InChI is InChI=1S/C18H20F3NO2S/c1-3-8-25(23,24)22-12-18(2,21)15-6-4-13(5-7-15)14-9-16(19)11-17(20)10-14/h4-7,9-11,22H,3,8,12H2,1-2H3. The third-order valence-corrected chi connectivity index (χ3v) is 5.31. The fraction of sp³-hybridized carbons (Fsp3) is 0.333. The van der Waals surface area contributed by atoms with Crippen LogP contribution in [0, 0.1) is 11.6 Å². The minimum absolute atomic E-state index is 0.0623. The molecule has 25 heavy (non-hydrogen) atoms. The van der Waals surface area contributed by atoms with Gasteiger partial charge in [0, 0.05) is 12.6 Å². The third kappa shape index (κ3) is 5.31. The van der Waals surface area contributed by atoms with Crippen LogP contribution in [0.2, 0.25) is 0 Å². The van der Waals surface area contributed by atoms with Crippen molar-refractivity contribution in [2.45, 2.75) is 25.9 Å². The lowest BCUT2D eigenvalue weighted by atomic mass is 9.95. The predicted octanol–water partition coefficient (Wildman–Crippen LogP) is 4.15. The van der Waals surface area contributed by atoms with Crippen molar-refractivity contribution in [1.29, 1.82) is 0 Å². The Morgan fingerprint density at radius 2 is 1.56 bits per heavy atom. The van der Waals surface area contributed by atoms with Crippen molar-refractivity contribution in [3.8, 4) is 11.1 Å². The first-order valence-electron chi connectivity index (χ1n) is 7.86. The Labute approximate surface area is 145 Å². The molecule has 0 aliphatic heterocycles. The molecule has 0 fully saturated rings. The Hall–Kier alpha value is -1.86. The fourth-order valence-corrected chi connectivity index (χ4v) is 3.59. The number of hydrogen-bond donors (Lipinski definition) is 1. The molecule has 2 aromatic carbocycles. The molecule has 0 aliphatic rings. The molecule has 7 heteroatoms. The second-order valence-electron chi connectivity index (χ2n) is 6.07. The van der Waals surface area contributed by atoms with Crippen molar-refractivity contribution in [1.82, 2.24) is 4.72 Å². The van der Waals surface area contributed by atoms with Crippen molar-refractivity contribution in [2.75, 3.05) is 12.3 Å². The van der Waals surface area contributed by atoms with Crippen LogP contribution in [0.1, 0.15) is 25.8 Å². The van der Waals surface area contributed by atoms with Crippen molar-refractivity contribution in [2.24, 2.45) is 0 Å². The van der Waals surface area contributed by atoms with E-state index in [0.717, 1.165) is 6.07 Å². The summed E-state index contributed by atoms with van der Waals surface area (Å²) in [5, 5.41) is 0. The molecular weight excluding hydrogens is 351 g/mol. The molecule has 136 valence electrons. The van der Waals surface area contributed by atoms with Gasteiger partial charge in [-0.1, -0.05) is 31.2 Å². The summed E-state index contributed by atoms with van der Waals surface area (Å²) >= 11 is 0. The second-order valence-corrected chi connectivity index (χ2v) is 8.00. The monoisotopic (exact) mass is 371 g/mol. The van der Waals surface area contributed by atoms with E-state index >= 15 is 0 Å². The van der Waals surface area contributed by atoms with Crippen molar-refractivity contribution in [3.63, 3.8) is 0 Å². The first-order valence-corrected chi connectivity index (χ1v) is 9.51. The van der Waals surface area contributed by atoms with E-state index in [1.54, 1.807) is 19.1 Å². The van der Waals surface area contributed by atoms with Gasteiger partial charge in [-0.15, -0.1) is 0 Å². The first kappa shape index (κ1) is 19.5. The number of nitrogens with one attached hydrogen (secondary N) is 1. The van der Waals surface area contributed by atoms with E-state index in [-0.39, 0.29) is 17.9 Å². The van der Waals surface area contributed by atoms with Gasteiger partial charge in [-0.05, 0) is 42.2 Å². The SMILES string of the molecule is CCCS(=O)(=O)NCC(C)(F)c1ccc(-c2cc(F)cc(F)c2)cc1. The summed E-state index contributed by atoms with van der Waals surface area (Å²) in [6, 6.07) is 9.19. The van der Waals surface area contributed by atoms with Crippen LogP contribution in [-0.2, 0) is 15.7 Å². The highest BCUT2D eigenvalue weighted by molar-refractivity contribution is 7.89. The maximum atomic E-state index is 14.8. The summed E-state index contributed by atoms with van der Waals surface area (Å²) in [5.41, 5.74) is -0.767. The largest absolute Gasteiger partial charge is 0.238 e. The number of rotatable bonds is 7. The summed E-state index contributed by atoms with van der Waals surface area (Å²) < 4.78 is 67.0. The van der Waals surface area contributed by atoms with Crippen molar-refractivity contribution >= 4 is 10.0 Å². The molecule has 2 aromatic rings. The van der Waals surface area contributed by atoms with Gasteiger partial charge in [-0.3, -0.25) is 0 Å². The van der Waals surface area contributed by atoms with Gasteiger partial charge in [-0.25, -0.2) is 26.3 Å². The molecule has 0 saturated carbocycles. The lowest BCUT2D eigenvalue weighted by molar-refractivity contribution is 0.196. The van der Waals surface area contributed by atoms with Crippen molar-refractivity contribution in [3.05, 3.63) is 59.7 Å². The molecule has 0 amide bonds. The van der Waals surface area contributed by atoms with E-state index in [1.807, 2.05) is 0 Å². The van der Waals surface area contributed by atoms with E-state index < -0.39 is 27.3 Å². The molecule has 2 rings (SSSR count). The van der Waals surface area contributed by atoms with Gasteiger partial charge in [0.1, 0.15) is 17.3 Å². The van der Waals surface area contributed by atoms with Gasteiger partial charge in [0.25, 0.3) is 0 Å². The van der Waals surface area contributed by atoms with E-state index in [1.165, 1.54) is 31.2 Å². The van der Waals surface area contributed by atoms with Crippen LogP contribution >= 0.6 is 0 Å². The molecule has 0 radical (unpaired) electrons. The topological polar surface area (TPSA) is 46.2 Å².